The number of piperidine rings is 1. The van der Waals surface area contributed by atoms with Crippen molar-refractivity contribution < 1.29 is 14.8 Å². The SMILES string of the molecule is CC(=O)O[C@@H]1CC[NH2+][C@H]2CCCC[C@@H]21. The van der Waals surface area contributed by atoms with Gasteiger partial charge in [0.25, 0.3) is 0 Å². The van der Waals surface area contributed by atoms with Gasteiger partial charge in [-0.25, -0.2) is 0 Å². The van der Waals surface area contributed by atoms with Gasteiger partial charge in [0.05, 0.1) is 12.6 Å². The minimum Gasteiger partial charge on any atom is -0.462 e. The van der Waals surface area contributed by atoms with Crippen LogP contribution in [0.1, 0.15) is 39.0 Å². The average Bonchev–Trinajstić information content (AvgIpc) is 2.18. The van der Waals surface area contributed by atoms with Gasteiger partial charge in [-0.1, -0.05) is 6.42 Å². The van der Waals surface area contributed by atoms with Crippen molar-refractivity contribution in [2.45, 2.75) is 51.2 Å². The van der Waals surface area contributed by atoms with Gasteiger partial charge in [0, 0.05) is 19.3 Å². The van der Waals surface area contributed by atoms with Gasteiger partial charge in [0.2, 0.25) is 0 Å². The third-order valence-corrected chi connectivity index (χ3v) is 3.59. The van der Waals surface area contributed by atoms with Crippen LogP contribution in [0.15, 0.2) is 0 Å². The highest BCUT2D eigenvalue weighted by Crippen LogP contribution is 2.29. The zero-order valence-corrected chi connectivity index (χ0v) is 8.87. The minimum absolute atomic E-state index is 0.110. The molecule has 1 heterocycles. The lowest BCUT2D eigenvalue weighted by atomic mass is 9.78. The summed E-state index contributed by atoms with van der Waals surface area (Å²) in [5, 5.41) is 2.45. The Morgan fingerprint density at radius 2 is 2.07 bits per heavy atom. The number of fused-ring (bicyclic) bond motifs is 1. The molecule has 2 N–H and O–H groups in total. The highest BCUT2D eigenvalue weighted by atomic mass is 16.5. The fourth-order valence-electron chi connectivity index (χ4n) is 2.99. The Morgan fingerprint density at radius 1 is 1.29 bits per heavy atom. The third kappa shape index (κ3) is 2.08. The van der Waals surface area contributed by atoms with Crippen LogP contribution in [0.25, 0.3) is 0 Å². The first kappa shape index (κ1) is 9.97. The van der Waals surface area contributed by atoms with Crippen LogP contribution in [-0.2, 0) is 9.53 Å². The van der Waals surface area contributed by atoms with Gasteiger partial charge < -0.3 is 10.1 Å². The van der Waals surface area contributed by atoms with Crippen molar-refractivity contribution in [1.29, 1.82) is 0 Å². The summed E-state index contributed by atoms with van der Waals surface area (Å²) in [6.07, 6.45) is 6.47. The van der Waals surface area contributed by atoms with E-state index in [1.165, 1.54) is 32.6 Å². The molecule has 0 amide bonds. The fraction of sp³-hybridized carbons (Fsp3) is 0.909. The number of carbonyl (C=O) groups excluding carboxylic acids is 1. The largest absolute Gasteiger partial charge is 0.462 e. The number of hydrogen-bond acceptors (Lipinski definition) is 2. The molecule has 0 aromatic heterocycles. The molecule has 1 saturated carbocycles. The summed E-state index contributed by atoms with van der Waals surface area (Å²) in [5.74, 6) is 0.516. The van der Waals surface area contributed by atoms with Crippen LogP contribution in [0.2, 0.25) is 0 Å². The maximum absolute atomic E-state index is 11.0. The molecule has 3 heteroatoms. The van der Waals surface area contributed by atoms with Crippen LogP contribution in [0, 0.1) is 5.92 Å². The van der Waals surface area contributed by atoms with Gasteiger partial charge in [-0.2, -0.15) is 0 Å². The van der Waals surface area contributed by atoms with E-state index in [9.17, 15) is 4.79 Å². The van der Waals surface area contributed by atoms with E-state index in [-0.39, 0.29) is 12.1 Å². The van der Waals surface area contributed by atoms with Gasteiger partial charge in [-0.05, 0) is 19.3 Å². The highest BCUT2D eigenvalue weighted by Gasteiger charge is 2.39. The molecule has 1 aliphatic heterocycles. The van der Waals surface area contributed by atoms with Crippen molar-refractivity contribution in [2.75, 3.05) is 6.54 Å². The Kier molecular flexibility index (Phi) is 3.06. The zero-order valence-electron chi connectivity index (χ0n) is 8.87. The Labute approximate surface area is 85.2 Å². The third-order valence-electron chi connectivity index (χ3n) is 3.59. The van der Waals surface area contributed by atoms with E-state index in [1.54, 1.807) is 0 Å². The molecular weight excluding hydrogens is 178 g/mol. The number of esters is 1. The van der Waals surface area contributed by atoms with Crippen LogP contribution in [-0.4, -0.2) is 24.7 Å². The molecular formula is C11H20NO2+. The van der Waals surface area contributed by atoms with Crippen molar-refractivity contribution in [3.8, 4) is 0 Å². The normalized spacial score (nSPS) is 37.4. The number of hydrogen-bond donors (Lipinski definition) is 1. The van der Waals surface area contributed by atoms with Crippen LogP contribution >= 0.6 is 0 Å². The monoisotopic (exact) mass is 198 g/mol. The van der Waals surface area contributed by atoms with Crippen molar-refractivity contribution in [3.63, 3.8) is 0 Å². The molecule has 0 radical (unpaired) electrons. The van der Waals surface area contributed by atoms with E-state index in [1.807, 2.05) is 0 Å². The van der Waals surface area contributed by atoms with Crippen LogP contribution < -0.4 is 5.32 Å². The fourth-order valence-corrected chi connectivity index (χ4v) is 2.99. The van der Waals surface area contributed by atoms with Crippen LogP contribution in [0.5, 0.6) is 0 Å². The minimum atomic E-state index is -0.110. The van der Waals surface area contributed by atoms with Gasteiger partial charge in [-0.3, -0.25) is 4.79 Å². The molecule has 14 heavy (non-hydrogen) atoms. The predicted octanol–water partition coefficient (Wildman–Crippen LogP) is 0.444. The van der Waals surface area contributed by atoms with Crippen molar-refractivity contribution in [1.82, 2.24) is 0 Å². The molecule has 0 aromatic rings. The summed E-state index contributed by atoms with van der Waals surface area (Å²) in [4.78, 5) is 11.0. The second kappa shape index (κ2) is 4.30. The van der Waals surface area contributed by atoms with Gasteiger partial charge in [0.15, 0.2) is 0 Å². The molecule has 80 valence electrons. The van der Waals surface area contributed by atoms with Gasteiger partial charge in [0.1, 0.15) is 6.10 Å². The molecule has 0 bridgehead atoms. The molecule has 3 nitrogen and oxygen atoms in total. The maximum atomic E-state index is 11.0. The predicted molar refractivity (Wildman–Crippen MR) is 52.7 cm³/mol. The Hall–Kier alpha value is -0.570. The van der Waals surface area contributed by atoms with E-state index in [2.05, 4.69) is 5.32 Å². The Balaban J connectivity index is 1.97. The van der Waals surface area contributed by atoms with Gasteiger partial charge >= 0.3 is 5.97 Å². The molecule has 2 fully saturated rings. The Morgan fingerprint density at radius 3 is 2.86 bits per heavy atom. The summed E-state index contributed by atoms with van der Waals surface area (Å²) >= 11 is 0. The first-order valence-corrected chi connectivity index (χ1v) is 5.78. The molecule has 0 unspecified atom stereocenters. The topological polar surface area (TPSA) is 42.9 Å². The highest BCUT2D eigenvalue weighted by molar-refractivity contribution is 5.66. The quantitative estimate of drug-likeness (QED) is 0.621. The van der Waals surface area contributed by atoms with Gasteiger partial charge in [-0.15, -0.1) is 0 Å². The first-order valence-electron chi connectivity index (χ1n) is 5.78. The van der Waals surface area contributed by atoms with Crippen molar-refractivity contribution >= 4 is 5.97 Å². The van der Waals surface area contributed by atoms with Crippen molar-refractivity contribution in [2.24, 2.45) is 5.92 Å². The van der Waals surface area contributed by atoms with Crippen LogP contribution in [0.4, 0.5) is 0 Å². The number of rotatable bonds is 1. The lowest BCUT2D eigenvalue weighted by molar-refractivity contribution is -0.710. The second-order valence-electron chi connectivity index (χ2n) is 4.57. The van der Waals surface area contributed by atoms with E-state index in [0.717, 1.165) is 19.0 Å². The lowest BCUT2D eigenvalue weighted by Crippen LogP contribution is -2.94. The maximum Gasteiger partial charge on any atom is 0.302 e. The van der Waals surface area contributed by atoms with Crippen LogP contribution in [0.3, 0.4) is 0 Å². The molecule has 2 rings (SSSR count). The molecule has 1 aliphatic carbocycles. The van der Waals surface area contributed by atoms with Crippen molar-refractivity contribution in [3.05, 3.63) is 0 Å². The molecule has 0 aromatic carbocycles. The summed E-state index contributed by atoms with van der Waals surface area (Å²) in [6.45, 7) is 2.65. The molecule has 0 spiro atoms. The number of carbonyl (C=O) groups is 1. The summed E-state index contributed by atoms with van der Waals surface area (Å²) in [6, 6.07) is 0.724. The summed E-state index contributed by atoms with van der Waals surface area (Å²) < 4.78 is 5.40. The van der Waals surface area contributed by atoms with E-state index < -0.39 is 0 Å². The Bertz CT molecular complexity index is 215. The molecule has 2 aliphatic rings. The standard InChI is InChI=1S/C11H19NO2/c1-8(13)14-11-6-7-12-10-5-3-2-4-9(10)11/h9-12H,2-7H2,1H3/p+1/t9-,10-,11+/m0/s1. The molecule has 3 atom stereocenters. The van der Waals surface area contributed by atoms with E-state index in [4.69, 9.17) is 4.74 Å². The first-order chi connectivity index (χ1) is 6.77. The number of nitrogens with two attached hydrogens (primary N) is 1. The summed E-state index contributed by atoms with van der Waals surface area (Å²) in [5.41, 5.74) is 0. The smallest absolute Gasteiger partial charge is 0.302 e. The number of ether oxygens (including phenoxy) is 1. The van der Waals surface area contributed by atoms with E-state index >= 15 is 0 Å². The number of quaternary nitrogens is 1. The zero-order chi connectivity index (χ0) is 9.97. The molecule has 1 saturated heterocycles. The van der Waals surface area contributed by atoms with E-state index in [0.29, 0.717) is 5.92 Å². The summed E-state index contributed by atoms with van der Waals surface area (Å²) in [7, 11) is 0. The lowest BCUT2D eigenvalue weighted by Gasteiger charge is -2.38. The average molecular weight is 198 g/mol. The second-order valence-corrected chi connectivity index (χ2v) is 4.57.